The Hall–Kier alpha value is -13.7. The Balaban J connectivity index is 0.000000155. The number of H-pyrrole nitrogens is 1. The number of pyridine rings is 12. The van der Waals surface area contributed by atoms with Crippen LogP contribution in [0.2, 0.25) is 0 Å². The number of aromatic nitrogens is 12. The number of nitrogens with one attached hydrogen (secondary N) is 1. The van der Waals surface area contributed by atoms with Crippen LogP contribution in [-0.2, 0) is 37.9 Å². The molecule has 115 heavy (non-hydrogen) atoms. The van der Waals surface area contributed by atoms with E-state index in [1.54, 1.807) is 84.9 Å². The molecule has 12 heterocycles. The fourth-order valence-electron chi connectivity index (χ4n) is 9.44. The summed E-state index contributed by atoms with van der Waals surface area (Å²) in [7, 11) is -0.304. The molecule has 14 aromatic rings. The van der Waals surface area contributed by atoms with Gasteiger partial charge in [0.1, 0.15) is 63.6 Å². The van der Waals surface area contributed by atoms with Crippen LogP contribution in [0.1, 0.15) is 33.9 Å². The molecule has 0 aliphatic heterocycles. The Morgan fingerprint density at radius 2 is 0.722 bits per heavy atom. The molecule has 3 N–H and O–H groups in total. The van der Waals surface area contributed by atoms with E-state index in [0.717, 1.165) is 76.9 Å². The Morgan fingerprint density at radius 1 is 0.365 bits per heavy atom. The highest BCUT2D eigenvalue weighted by Crippen LogP contribution is 2.38. The van der Waals surface area contributed by atoms with Crippen LogP contribution >= 0.6 is 15.9 Å². The maximum absolute atomic E-state index is 12.7. The van der Waals surface area contributed by atoms with Gasteiger partial charge in [0.05, 0.1) is 65.7 Å². The third-order valence-corrected chi connectivity index (χ3v) is 15.2. The lowest BCUT2D eigenvalue weighted by Gasteiger charge is -2.11. The SMILES string of the molecule is Brc1cccc(OCc2ccccc2)n1.COc1cccc(-c2cccnc2Oc2ccc(C(F)(F)F)nc2)n1.FC(F)(F)c1ccc(Oc2ncccc2-c2cccc(OCc3ccccc3)n2)cn1.O=c1cccc(-c2cccnc2Oc2ccc(C(F)(F)F)nc2)[nH]1.OB(O)c1cccnc1Oc1ccc(C(F)(F)F)nc1. The zero-order valence-electron chi connectivity index (χ0n) is 59.0. The van der Waals surface area contributed by atoms with Crippen LogP contribution in [0.15, 0.2) is 289 Å². The summed E-state index contributed by atoms with van der Waals surface area (Å²) in [6.07, 6.45) is -8.36. The molecule has 0 aliphatic rings. The lowest BCUT2D eigenvalue weighted by atomic mass is 9.81. The number of rotatable bonds is 19. The number of hydrogen-bond acceptors (Lipinski definition) is 21. The van der Waals surface area contributed by atoms with Gasteiger partial charge in [-0.2, -0.15) is 52.7 Å². The van der Waals surface area contributed by atoms with E-state index >= 15 is 0 Å². The van der Waals surface area contributed by atoms with Gasteiger partial charge in [0.25, 0.3) is 0 Å². The van der Waals surface area contributed by atoms with Crippen molar-refractivity contribution in [3.8, 4) is 97.9 Å². The van der Waals surface area contributed by atoms with Gasteiger partial charge in [0.2, 0.25) is 46.7 Å². The standard InChI is InChI=1S/C23H16F3N3O2.C17H12F3N3O2.C16H10F3N3O2.C12H10BrNO.C11H8BF3N2O3/c24-23(25,26)20-12-11-17(14-28-20)31-22-18(8-5-13-27-22)19-9-4-10-21(29-19)30-15-16-6-2-1-3-7-16;1-24-15-6-2-5-13(23-15)12-4-3-9-21-16(12)25-11-7-8-14(22-10-11)17(18,19)20;17-16(18,19)13-7-6-10(9-21-13)24-15-11(3-2-8-20-15)12-4-1-5-14(23)22-12;13-11-7-4-8-12(14-11)15-9-10-5-2-1-3-6-10;13-11(14,15)9-4-3-7(6-17-9)20-10-8(12(18)19)2-1-5-16-10/h1-14H,15H2;2-10H,1H3;1-9H,(H,22,23);1-8H,9H2;1-6,18-19H. The molecule has 0 saturated carbocycles. The molecular weight excluding hydrogens is 1600 g/mol. The van der Waals surface area contributed by atoms with Gasteiger partial charge in [-0.3, -0.25) is 4.79 Å². The smallest absolute Gasteiger partial charge is 0.481 e. The number of alkyl halides is 12. The lowest BCUT2D eigenvalue weighted by Crippen LogP contribution is -2.31. The molecule has 586 valence electrons. The van der Waals surface area contributed by atoms with E-state index in [1.165, 1.54) is 62.2 Å². The van der Waals surface area contributed by atoms with Crippen LogP contribution in [0, 0.1) is 0 Å². The largest absolute Gasteiger partial charge is 0.494 e. The Kier molecular flexibility index (Phi) is 28.7. The van der Waals surface area contributed by atoms with Crippen molar-refractivity contribution in [3.63, 3.8) is 0 Å². The van der Waals surface area contributed by atoms with E-state index in [1.807, 2.05) is 78.9 Å². The van der Waals surface area contributed by atoms with E-state index < -0.39 is 54.6 Å². The van der Waals surface area contributed by atoms with Gasteiger partial charge in [0, 0.05) is 54.5 Å². The molecule has 2 aromatic carbocycles. The summed E-state index contributed by atoms with van der Waals surface area (Å²) < 4.78 is 190. The normalized spacial score (nSPS) is 11.1. The predicted octanol–water partition coefficient (Wildman–Crippen LogP) is 18.3. The van der Waals surface area contributed by atoms with Gasteiger partial charge in [-0.25, -0.2) is 54.8 Å². The van der Waals surface area contributed by atoms with E-state index in [2.05, 4.69) is 75.7 Å². The van der Waals surface area contributed by atoms with Crippen molar-refractivity contribution in [3.05, 3.63) is 329 Å². The molecule has 0 spiro atoms. The molecule has 0 atom stereocenters. The second-order valence-corrected chi connectivity index (χ2v) is 23.8. The highest BCUT2D eigenvalue weighted by molar-refractivity contribution is 9.10. The summed E-state index contributed by atoms with van der Waals surface area (Å²) in [6.45, 7) is 0.912. The topological polar surface area (TPSA) is 280 Å². The summed E-state index contributed by atoms with van der Waals surface area (Å²) in [6, 6.07) is 61.4. The van der Waals surface area contributed by atoms with Gasteiger partial charge in [-0.1, -0.05) is 91.0 Å². The van der Waals surface area contributed by atoms with Crippen molar-refractivity contribution in [1.82, 2.24) is 59.8 Å². The number of hydrogen-bond donors (Lipinski definition) is 3. The molecule has 36 heteroatoms. The van der Waals surface area contributed by atoms with Gasteiger partial charge in [-0.05, 0) is 142 Å². The fraction of sp³-hybridized carbons (Fsp3) is 0.0886. The third kappa shape index (κ3) is 25.7. The van der Waals surface area contributed by atoms with Crippen molar-refractivity contribution < 1.29 is 95.9 Å². The molecule has 0 fully saturated rings. The highest BCUT2D eigenvalue weighted by atomic mass is 79.9. The Morgan fingerprint density at radius 3 is 1.10 bits per heavy atom. The van der Waals surface area contributed by atoms with Crippen molar-refractivity contribution in [2.45, 2.75) is 37.9 Å². The first-order chi connectivity index (χ1) is 55.1. The number of methoxy groups -OCH3 is 1. The van der Waals surface area contributed by atoms with Crippen molar-refractivity contribution in [1.29, 1.82) is 0 Å². The lowest BCUT2D eigenvalue weighted by molar-refractivity contribution is -0.142. The average molecular weight is 1650 g/mol. The number of benzene rings is 2. The monoisotopic (exact) mass is 1650 g/mol. The average Bonchev–Trinajstić information content (AvgIpc) is 0.827. The van der Waals surface area contributed by atoms with Crippen LogP contribution in [0.5, 0.6) is 64.2 Å². The van der Waals surface area contributed by atoms with E-state index in [9.17, 15) is 57.5 Å². The van der Waals surface area contributed by atoms with Gasteiger partial charge in [-0.15, -0.1) is 0 Å². The minimum atomic E-state index is -4.53. The minimum absolute atomic E-state index is 0.00130. The summed E-state index contributed by atoms with van der Waals surface area (Å²) in [5.74, 6) is 2.25. The first-order valence-electron chi connectivity index (χ1n) is 33.3. The van der Waals surface area contributed by atoms with E-state index in [-0.39, 0.29) is 57.5 Å². The van der Waals surface area contributed by atoms with Gasteiger partial charge < -0.3 is 48.2 Å². The van der Waals surface area contributed by atoms with E-state index in [0.29, 0.717) is 64.6 Å². The number of aromatic amines is 1. The summed E-state index contributed by atoms with van der Waals surface area (Å²) in [5.41, 5.74) is 1.02. The maximum atomic E-state index is 12.7. The zero-order valence-corrected chi connectivity index (χ0v) is 60.6. The molecule has 0 aliphatic carbocycles. The van der Waals surface area contributed by atoms with Crippen molar-refractivity contribution >= 4 is 28.5 Å². The van der Waals surface area contributed by atoms with E-state index in [4.69, 9.17) is 43.2 Å². The summed E-state index contributed by atoms with van der Waals surface area (Å²) >= 11 is 3.30. The molecule has 0 radical (unpaired) electrons. The molecule has 0 bridgehead atoms. The van der Waals surface area contributed by atoms with Crippen LogP contribution < -0.4 is 44.2 Å². The molecule has 0 unspecified atom stereocenters. The summed E-state index contributed by atoms with van der Waals surface area (Å²) in [4.78, 5) is 56.5. The molecule has 12 aromatic heterocycles. The van der Waals surface area contributed by atoms with Crippen LogP contribution in [0.25, 0.3) is 33.8 Å². The first kappa shape index (κ1) is 83.7. The van der Waals surface area contributed by atoms with Crippen LogP contribution in [0.3, 0.4) is 0 Å². The number of ether oxygens (including phenoxy) is 7. The molecule has 0 amide bonds. The van der Waals surface area contributed by atoms with Crippen molar-refractivity contribution in [2.24, 2.45) is 0 Å². The molecule has 22 nitrogen and oxygen atoms in total. The van der Waals surface area contributed by atoms with Gasteiger partial charge >= 0.3 is 31.8 Å². The molecule has 0 saturated heterocycles. The number of nitrogens with zero attached hydrogens (tertiary/aromatic N) is 11. The van der Waals surface area contributed by atoms with Crippen molar-refractivity contribution in [2.75, 3.05) is 7.11 Å². The highest BCUT2D eigenvalue weighted by Gasteiger charge is 2.35. The van der Waals surface area contributed by atoms with Gasteiger partial charge in [0.15, 0.2) is 0 Å². The fourth-order valence-corrected chi connectivity index (χ4v) is 9.77. The Bertz CT molecular complexity index is 5490. The maximum Gasteiger partial charge on any atom is 0.494 e. The molecule has 14 rings (SSSR count). The zero-order chi connectivity index (χ0) is 82.0. The van der Waals surface area contributed by atoms with Crippen LogP contribution in [-0.4, -0.2) is 84.1 Å². The summed E-state index contributed by atoms with van der Waals surface area (Å²) in [5, 5.41) is 18.2. The minimum Gasteiger partial charge on any atom is -0.481 e. The second-order valence-electron chi connectivity index (χ2n) is 23.0. The Labute approximate surface area is 653 Å². The predicted molar refractivity (Wildman–Crippen MR) is 397 cm³/mol. The first-order valence-corrected chi connectivity index (χ1v) is 34.1. The van der Waals surface area contributed by atoms with Crippen LogP contribution in [0.4, 0.5) is 52.7 Å². The second kappa shape index (κ2) is 39.4. The number of halogens is 13. The third-order valence-electron chi connectivity index (χ3n) is 14.8. The quantitative estimate of drug-likeness (QED) is 0.0385. The molecular formula is C79H56BBrF12N12O10.